The molecule has 0 spiro atoms. The van der Waals surface area contributed by atoms with Crippen molar-refractivity contribution >= 4 is 0 Å². The standard InChI is InChI=1S/C13H18F3N/c1-3-8-17-10(2)9-11-6-4-5-7-12(11)13(14,15)16/h4-7,10,17H,3,8-9H2,1-2H3. The molecule has 0 aliphatic rings. The van der Waals surface area contributed by atoms with Gasteiger partial charge in [0.25, 0.3) is 0 Å². The summed E-state index contributed by atoms with van der Waals surface area (Å²) in [6.07, 6.45) is -2.89. The second-order valence-electron chi connectivity index (χ2n) is 4.21. The molecule has 0 saturated carbocycles. The van der Waals surface area contributed by atoms with E-state index in [4.69, 9.17) is 0 Å². The summed E-state index contributed by atoms with van der Waals surface area (Å²) in [5.41, 5.74) is -0.166. The Labute approximate surface area is 100 Å². The van der Waals surface area contributed by atoms with E-state index in [1.807, 2.05) is 13.8 Å². The first-order valence-electron chi connectivity index (χ1n) is 5.83. The van der Waals surface area contributed by atoms with Crippen molar-refractivity contribution in [3.8, 4) is 0 Å². The minimum atomic E-state index is -4.26. The van der Waals surface area contributed by atoms with Crippen LogP contribution in [0.5, 0.6) is 0 Å². The van der Waals surface area contributed by atoms with Gasteiger partial charge >= 0.3 is 6.18 Å². The van der Waals surface area contributed by atoms with Crippen LogP contribution >= 0.6 is 0 Å². The zero-order valence-corrected chi connectivity index (χ0v) is 10.1. The van der Waals surface area contributed by atoms with E-state index in [-0.39, 0.29) is 6.04 Å². The summed E-state index contributed by atoms with van der Waals surface area (Å²) >= 11 is 0. The quantitative estimate of drug-likeness (QED) is 0.835. The lowest BCUT2D eigenvalue weighted by Crippen LogP contribution is -2.29. The maximum absolute atomic E-state index is 12.7. The average molecular weight is 245 g/mol. The SMILES string of the molecule is CCCNC(C)Cc1ccccc1C(F)(F)F. The predicted molar refractivity (Wildman–Crippen MR) is 62.9 cm³/mol. The Morgan fingerprint density at radius 1 is 1.24 bits per heavy atom. The van der Waals surface area contributed by atoms with Gasteiger partial charge in [-0.1, -0.05) is 25.1 Å². The molecule has 96 valence electrons. The molecule has 0 bridgehead atoms. The van der Waals surface area contributed by atoms with Gasteiger partial charge < -0.3 is 5.32 Å². The fraction of sp³-hybridized carbons (Fsp3) is 0.538. The largest absolute Gasteiger partial charge is 0.416 e. The summed E-state index contributed by atoms with van der Waals surface area (Å²) in [4.78, 5) is 0. The van der Waals surface area contributed by atoms with Gasteiger partial charge in [0.1, 0.15) is 0 Å². The topological polar surface area (TPSA) is 12.0 Å². The molecule has 1 aromatic rings. The highest BCUT2D eigenvalue weighted by Gasteiger charge is 2.32. The molecule has 1 atom stereocenters. The zero-order valence-electron chi connectivity index (χ0n) is 10.1. The molecule has 0 heterocycles. The van der Waals surface area contributed by atoms with Crippen LogP contribution in [0.25, 0.3) is 0 Å². The molecule has 17 heavy (non-hydrogen) atoms. The van der Waals surface area contributed by atoms with Gasteiger partial charge in [-0.3, -0.25) is 0 Å². The van der Waals surface area contributed by atoms with E-state index in [1.165, 1.54) is 6.07 Å². The van der Waals surface area contributed by atoms with Gasteiger partial charge in [-0.25, -0.2) is 0 Å². The first-order valence-corrected chi connectivity index (χ1v) is 5.83. The molecule has 0 aliphatic heterocycles. The van der Waals surface area contributed by atoms with Crippen molar-refractivity contribution in [2.24, 2.45) is 0 Å². The summed E-state index contributed by atoms with van der Waals surface area (Å²) in [7, 11) is 0. The van der Waals surface area contributed by atoms with Crippen LogP contribution in [0, 0.1) is 0 Å². The molecule has 0 amide bonds. The van der Waals surface area contributed by atoms with E-state index in [9.17, 15) is 13.2 Å². The Kier molecular flexibility index (Phi) is 5.00. The number of alkyl halides is 3. The van der Waals surface area contributed by atoms with Crippen LogP contribution in [0.3, 0.4) is 0 Å². The molecule has 0 radical (unpaired) electrons. The summed E-state index contributed by atoms with van der Waals surface area (Å²) in [5, 5.41) is 3.19. The average Bonchev–Trinajstić information content (AvgIpc) is 2.25. The molecule has 0 saturated heterocycles. The molecule has 1 nitrogen and oxygen atoms in total. The van der Waals surface area contributed by atoms with Crippen molar-refractivity contribution in [1.29, 1.82) is 0 Å². The zero-order chi connectivity index (χ0) is 12.9. The minimum Gasteiger partial charge on any atom is -0.314 e. The normalized spacial score (nSPS) is 13.7. The van der Waals surface area contributed by atoms with Crippen LogP contribution in [0.4, 0.5) is 13.2 Å². The number of benzene rings is 1. The Morgan fingerprint density at radius 3 is 2.47 bits per heavy atom. The highest BCUT2D eigenvalue weighted by Crippen LogP contribution is 2.32. The number of halogens is 3. The first-order chi connectivity index (χ1) is 7.95. The van der Waals surface area contributed by atoms with Gasteiger partial charge in [-0.05, 0) is 37.9 Å². The molecule has 4 heteroatoms. The third-order valence-corrected chi connectivity index (χ3v) is 2.59. The Hall–Kier alpha value is -1.03. The maximum Gasteiger partial charge on any atom is 0.416 e. The van der Waals surface area contributed by atoms with Crippen LogP contribution in [0.1, 0.15) is 31.4 Å². The Morgan fingerprint density at radius 2 is 1.88 bits per heavy atom. The lowest BCUT2D eigenvalue weighted by Gasteiger charge is -2.17. The second-order valence-corrected chi connectivity index (χ2v) is 4.21. The molecule has 1 aromatic carbocycles. The van der Waals surface area contributed by atoms with Gasteiger partial charge in [0, 0.05) is 6.04 Å². The molecule has 0 aliphatic carbocycles. The molecule has 0 aromatic heterocycles. The fourth-order valence-corrected chi connectivity index (χ4v) is 1.77. The predicted octanol–water partition coefficient (Wildman–Crippen LogP) is 3.64. The van der Waals surface area contributed by atoms with Gasteiger partial charge in [-0.2, -0.15) is 13.2 Å². The lowest BCUT2D eigenvalue weighted by atomic mass is 10.0. The van der Waals surface area contributed by atoms with Crippen molar-refractivity contribution in [2.45, 2.75) is 38.9 Å². The third-order valence-electron chi connectivity index (χ3n) is 2.59. The minimum absolute atomic E-state index is 0.0541. The Bertz CT molecular complexity index is 347. The van der Waals surface area contributed by atoms with Crippen molar-refractivity contribution < 1.29 is 13.2 Å². The molecular weight excluding hydrogens is 227 g/mol. The van der Waals surface area contributed by atoms with Crippen LogP contribution in [0.2, 0.25) is 0 Å². The second kappa shape index (κ2) is 6.05. The number of rotatable bonds is 5. The van der Waals surface area contributed by atoms with E-state index in [0.29, 0.717) is 12.0 Å². The molecule has 1 N–H and O–H groups in total. The van der Waals surface area contributed by atoms with Crippen molar-refractivity contribution in [1.82, 2.24) is 5.32 Å². The first kappa shape index (κ1) is 14.0. The van der Waals surface area contributed by atoms with Crippen molar-refractivity contribution in [3.63, 3.8) is 0 Å². The highest BCUT2D eigenvalue weighted by molar-refractivity contribution is 5.30. The van der Waals surface area contributed by atoms with E-state index in [0.717, 1.165) is 19.0 Å². The van der Waals surface area contributed by atoms with Crippen LogP contribution in [-0.2, 0) is 12.6 Å². The lowest BCUT2D eigenvalue weighted by molar-refractivity contribution is -0.138. The van der Waals surface area contributed by atoms with E-state index in [2.05, 4.69) is 5.32 Å². The van der Waals surface area contributed by atoms with Gasteiger partial charge in [0.15, 0.2) is 0 Å². The van der Waals surface area contributed by atoms with Gasteiger partial charge in [0.2, 0.25) is 0 Å². The van der Waals surface area contributed by atoms with Crippen LogP contribution in [0.15, 0.2) is 24.3 Å². The number of nitrogens with one attached hydrogen (secondary N) is 1. The molecular formula is C13H18F3N. The van der Waals surface area contributed by atoms with E-state index >= 15 is 0 Å². The van der Waals surface area contributed by atoms with E-state index < -0.39 is 11.7 Å². The molecule has 1 unspecified atom stereocenters. The van der Waals surface area contributed by atoms with Crippen LogP contribution < -0.4 is 5.32 Å². The smallest absolute Gasteiger partial charge is 0.314 e. The number of hydrogen-bond acceptors (Lipinski definition) is 1. The number of hydrogen-bond donors (Lipinski definition) is 1. The van der Waals surface area contributed by atoms with Gasteiger partial charge in [0.05, 0.1) is 5.56 Å². The van der Waals surface area contributed by atoms with Gasteiger partial charge in [-0.15, -0.1) is 0 Å². The molecule has 0 fully saturated rings. The fourth-order valence-electron chi connectivity index (χ4n) is 1.77. The third kappa shape index (κ3) is 4.38. The highest BCUT2D eigenvalue weighted by atomic mass is 19.4. The van der Waals surface area contributed by atoms with E-state index in [1.54, 1.807) is 12.1 Å². The monoisotopic (exact) mass is 245 g/mol. The van der Waals surface area contributed by atoms with Crippen molar-refractivity contribution in [2.75, 3.05) is 6.54 Å². The van der Waals surface area contributed by atoms with Crippen molar-refractivity contribution in [3.05, 3.63) is 35.4 Å². The van der Waals surface area contributed by atoms with Crippen LogP contribution in [-0.4, -0.2) is 12.6 Å². The Balaban J connectivity index is 2.77. The maximum atomic E-state index is 12.7. The summed E-state index contributed by atoms with van der Waals surface area (Å²) in [6, 6.07) is 5.82. The summed E-state index contributed by atoms with van der Waals surface area (Å²) in [6.45, 7) is 4.77. The summed E-state index contributed by atoms with van der Waals surface area (Å²) < 4.78 is 38.2. The summed E-state index contributed by atoms with van der Waals surface area (Å²) in [5.74, 6) is 0. The molecule has 1 rings (SSSR count).